The van der Waals surface area contributed by atoms with Gasteiger partial charge in [0.25, 0.3) is 0 Å². The third-order valence-electron chi connectivity index (χ3n) is 4.51. The van der Waals surface area contributed by atoms with Gasteiger partial charge in [0.1, 0.15) is 18.7 Å². The van der Waals surface area contributed by atoms with Gasteiger partial charge in [-0.05, 0) is 19.4 Å². The highest BCUT2D eigenvalue weighted by Crippen LogP contribution is 2.39. The minimum atomic E-state index is -1.41. The molecule has 1 aromatic rings. The van der Waals surface area contributed by atoms with E-state index in [2.05, 4.69) is 10.6 Å². The van der Waals surface area contributed by atoms with Crippen LogP contribution in [-0.4, -0.2) is 68.9 Å². The molecule has 1 heterocycles. The lowest BCUT2D eigenvalue weighted by Crippen LogP contribution is -2.55. The molecule has 1 aliphatic heterocycles. The van der Waals surface area contributed by atoms with Crippen LogP contribution in [0, 0.1) is 0 Å². The highest BCUT2D eigenvalue weighted by Gasteiger charge is 2.49. The first kappa shape index (κ1) is 23.6. The van der Waals surface area contributed by atoms with Crippen molar-refractivity contribution in [2.75, 3.05) is 6.61 Å². The number of nitrogens with two attached hydrogens (primary N) is 1. The number of ether oxygens (including phenoxy) is 1. The Labute approximate surface area is 177 Å². The Bertz CT molecular complexity index is 803. The standard InChI is InChI=1S/C19H25N3O7S/c1-19(2)14(17(26)27)22-15(30-19)13(18(28)29-9-11(20)16(24)25)21-12(23)8-10-6-4-3-5-7-10/h3-7,11,13-15,22H,8-9,20H2,1-2H3,(H,21,23)(H,24,25)(H,26,27). The van der Waals surface area contributed by atoms with Crippen molar-refractivity contribution in [3.63, 3.8) is 0 Å². The van der Waals surface area contributed by atoms with Gasteiger partial charge in [-0.2, -0.15) is 0 Å². The number of hydrogen-bond acceptors (Lipinski definition) is 8. The maximum Gasteiger partial charge on any atom is 0.331 e. The smallest absolute Gasteiger partial charge is 0.331 e. The zero-order chi connectivity index (χ0) is 22.5. The second kappa shape index (κ2) is 9.92. The molecule has 0 radical (unpaired) electrons. The van der Waals surface area contributed by atoms with E-state index in [0.29, 0.717) is 0 Å². The number of esters is 1. The molecule has 2 rings (SSSR count). The second-order valence-corrected chi connectivity index (χ2v) is 9.16. The van der Waals surface area contributed by atoms with Gasteiger partial charge in [0.2, 0.25) is 5.91 Å². The van der Waals surface area contributed by atoms with Crippen LogP contribution in [0.1, 0.15) is 19.4 Å². The highest BCUT2D eigenvalue weighted by atomic mass is 32.2. The van der Waals surface area contributed by atoms with Gasteiger partial charge in [0.05, 0.1) is 11.8 Å². The topological polar surface area (TPSA) is 168 Å². The zero-order valence-corrected chi connectivity index (χ0v) is 17.3. The fourth-order valence-corrected chi connectivity index (χ4v) is 4.40. The van der Waals surface area contributed by atoms with E-state index in [0.717, 1.165) is 5.56 Å². The second-order valence-electron chi connectivity index (χ2n) is 7.36. The maximum atomic E-state index is 12.6. The van der Waals surface area contributed by atoms with Crippen LogP contribution >= 0.6 is 11.8 Å². The lowest BCUT2D eigenvalue weighted by molar-refractivity contribution is -0.151. The van der Waals surface area contributed by atoms with Gasteiger partial charge in [-0.25, -0.2) is 4.79 Å². The monoisotopic (exact) mass is 439 g/mol. The lowest BCUT2D eigenvalue weighted by Gasteiger charge is -2.24. The van der Waals surface area contributed by atoms with Crippen molar-refractivity contribution in [3.05, 3.63) is 35.9 Å². The molecule has 0 spiro atoms. The van der Waals surface area contributed by atoms with E-state index >= 15 is 0 Å². The number of aliphatic carboxylic acids is 2. The summed E-state index contributed by atoms with van der Waals surface area (Å²) in [5.74, 6) is -3.80. The SMILES string of the molecule is CC1(C)SC(C(NC(=O)Cc2ccccc2)C(=O)OCC(N)C(=O)O)NC1C(=O)O. The summed E-state index contributed by atoms with van der Waals surface area (Å²) in [6.07, 6.45) is 0.00238. The van der Waals surface area contributed by atoms with Crippen molar-refractivity contribution < 1.29 is 34.1 Å². The van der Waals surface area contributed by atoms with Crippen LogP contribution < -0.4 is 16.4 Å². The molecule has 0 saturated carbocycles. The fourth-order valence-electron chi connectivity index (χ4n) is 2.92. The van der Waals surface area contributed by atoms with Crippen molar-refractivity contribution in [2.24, 2.45) is 5.73 Å². The molecule has 1 amide bonds. The molecule has 1 aliphatic rings. The molecule has 1 aromatic carbocycles. The van der Waals surface area contributed by atoms with Crippen molar-refractivity contribution in [2.45, 2.75) is 48.5 Å². The van der Waals surface area contributed by atoms with Gasteiger partial charge in [-0.3, -0.25) is 19.7 Å². The van der Waals surface area contributed by atoms with Crippen molar-refractivity contribution in [3.8, 4) is 0 Å². The van der Waals surface area contributed by atoms with E-state index < -0.39 is 58.7 Å². The van der Waals surface area contributed by atoms with Gasteiger partial charge in [0, 0.05) is 4.75 Å². The predicted octanol–water partition coefficient (Wildman–Crippen LogP) is -0.437. The van der Waals surface area contributed by atoms with Crippen LogP contribution in [-0.2, 0) is 30.3 Å². The van der Waals surface area contributed by atoms with Crippen molar-refractivity contribution in [1.29, 1.82) is 0 Å². The predicted molar refractivity (Wildman–Crippen MR) is 109 cm³/mol. The quantitative estimate of drug-likeness (QED) is 0.318. The summed E-state index contributed by atoms with van der Waals surface area (Å²) in [6, 6.07) is 5.25. The molecule has 10 nitrogen and oxygen atoms in total. The van der Waals surface area contributed by atoms with Gasteiger partial charge in [-0.1, -0.05) is 30.3 Å². The Morgan fingerprint density at radius 3 is 2.40 bits per heavy atom. The van der Waals surface area contributed by atoms with E-state index in [1.54, 1.807) is 44.2 Å². The van der Waals surface area contributed by atoms with Crippen LogP contribution in [0.5, 0.6) is 0 Å². The number of thioether (sulfide) groups is 1. The number of carbonyl (C=O) groups is 4. The minimum Gasteiger partial charge on any atom is -0.480 e. The molecular formula is C19H25N3O7S. The fraction of sp³-hybridized carbons (Fsp3) is 0.474. The molecule has 6 N–H and O–H groups in total. The van der Waals surface area contributed by atoms with Crippen LogP contribution in [0.2, 0.25) is 0 Å². The number of nitrogens with one attached hydrogen (secondary N) is 2. The normalized spacial score (nSPS) is 22.0. The van der Waals surface area contributed by atoms with Crippen LogP contribution in [0.4, 0.5) is 0 Å². The zero-order valence-electron chi connectivity index (χ0n) is 16.5. The maximum absolute atomic E-state index is 12.6. The molecule has 0 bridgehead atoms. The summed E-state index contributed by atoms with van der Waals surface area (Å²) in [4.78, 5) is 47.6. The van der Waals surface area contributed by atoms with Gasteiger partial charge >= 0.3 is 17.9 Å². The molecule has 4 atom stereocenters. The van der Waals surface area contributed by atoms with E-state index in [1.807, 2.05) is 0 Å². The van der Waals surface area contributed by atoms with Crippen LogP contribution in [0.15, 0.2) is 30.3 Å². The molecular weight excluding hydrogens is 414 g/mol. The number of carboxylic acids is 2. The highest BCUT2D eigenvalue weighted by molar-refractivity contribution is 8.01. The summed E-state index contributed by atoms with van der Waals surface area (Å²) in [6.45, 7) is 2.83. The van der Waals surface area contributed by atoms with Gasteiger partial charge < -0.3 is 26.0 Å². The molecule has 1 saturated heterocycles. The van der Waals surface area contributed by atoms with Crippen LogP contribution in [0.25, 0.3) is 0 Å². The molecule has 0 aliphatic carbocycles. The van der Waals surface area contributed by atoms with Crippen molar-refractivity contribution >= 4 is 35.6 Å². The Balaban J connectivity index is 2.15. The molecule has 0 aromatic heterocycles. The van der Waals surface area contributed by atoms with E-state index in [4.69, 9.17) is 15.6 Å². The lowest BCUT2D eigenvalue weighted by atomic mass is 10.0. The molecule has 164 valence electrons. The average molecular weight is 439 g/mol. The first-order chi connectivity index (χ1) is 14.0. The Kier molecular flexibility index (Phi) is 7.82. The third kappa shape index (κ3) is 6.18. The van der Waals surface area contributed by atoms with Crippen molar-refractivity contribution in [1.82, 2.24) is 10.6 Å². The van der Waals surface area contributed by atoms with E-state index in [1.165, 1.54) is 11.8 Å². The summed E-state index contributed by atoms with van der Waals surface area (Å²) in [5, 5.41) is 22.9. The minimum absolute atomic E-state index is 0.00238. The first-order valence-corrected chi connectivity index (χ1v) is 10.0. The number of carbonyl (C=O) groups excluding carboxylic acids is 2. The van der Waals surface area contributed by atoms with Gasteiger partial charge in [0.15, 0.2) is 6.04 Å². The molecule has 4 unspecified atom stereocenters. The average Bonchev–Trinajstić information content (AvgIpc) is 2.99. The summed E-state index contributed by atoms with van der Waals surface area (Å²) >= 11 is 1.17. The molecule has 11 heteroatoms. The first-order valence-electron chi connectivity index (χ1n) is 9.16. The number of amides is 1. The van der Waals surface area contributed by atoms with E-state index in [-0.39, 0.29) is 6.42 Å². The Hall–Kier alpha value is -2.63. The Morgan fingerprint density at radius 2 is 1.87 bits per heavy atom. The van der Waals surface area contributed by atoms with E-state index in [9.17, 15) is 24.3 Å². The number of carboxylic acid groups (broad SMARTS) is 2. The largest absolute Gasteiger partial charge is 0.480 e. The number of rotatable bonds is 9. The summed E-state index contributed by atoms with van der Waals surface area (Å²) < 4.78 is 4.23. The van der Waals surface area contributed by atoms with Gasteiger partial charge in [-0.15, -0.1) is 11.8 Å². The summed E-state index contributed by atoms with van der Waals surface area (Å²) in [7, 11) is 0. The van der Waals surface area contributed by atoms with Crippen LogP contribution in [0.3, 0.4) is 0 Å². The summed E-state index contributed by atoms with van der Waals surface area (Å²) in [5.41, 5.74) is 6.09. The molecule has 1 fully saturated rings. The number of hydrogen-bond donors (Lipinski definition) is 5. The molecule has 30 heavy (non-hydrogen) atoms. The number of benzene rings is 1. The third-order valence-corrected chi connectivity index (χ3v) is 6.01. The Morgan fingerprint density at radius 1 is 1.23 bits per heavy atom.